The van der Waals surface area contributed by atoms with Gasteiger partial charge in [-0.2, -0.15) is 0 Å². The first-order valence-electron chi connectivity index (χ1n) is 5.77. The van der Waals surface area contributed by atoms with Crippen molar-refractivity contribution in [2.45, 2.75) is 13.0 Å². The summed E-state index contributed by atoms with van der Waals surface area (Å²) in [6.45, 7) is 1.46. The molecular formula is C14H17NO4. The van der Waals surface area contributed by atoms with E-state index < -0.39 is 12.0 Å². The molecular weight excluding hydrogens is 246 g/mol. The molecule has 0 aromatic heterocycles. The molecule has 0 fully saturated rings. The molecule has 1 unspecified atom stereocenters. The average molecular weight is 263 g/mol. The number of carbonyl (C=O) groups excluding carboxylic acids is 1. The Morgan fingerprint density at radius 2 is 1.89 bits per heavy atom. The van der Waals surface area contributed by atoms with Crippen molar-refractivity contribution in [2.24, 2.45) is 0 Å². The van der Waals surface area contributed by atoms with E-state index in [1.165, 1.54) is 24.9 Å². The molecule has 5 heteroatoms. The van der Waals surface area contributed by atoms with Crippen LogP contribution < -0.4 is 4.74 Å². The van der Waals surface area contributed by atoms with E-state index in [9.17, 15) is 9.59 Å². The number of likely N-dealkylation sites (N-methyl/N-ethyl adjacent to an activating group) is 1. The lowest BCUT2D eigenvalue weighted by atomic mass is 10.2. The molecule has 1 atom stereocenters. The highest BCUT2D eigenvalue weighted by molar-refractivity contribution is 5.94. The predicted octanol–water partition coefficient (Wildman–Crippen LogP) is 1.64. The van der Waals surface area contributed by atoms with Gasteiger partial charge in [0.25, 0.3) is 0 Å². The standard InChI is InChI=1S/C14H17NO4/c1-10(14(17)18)15(2)13(16)9-6-11-4-7-12(19-3)8-5-11/h4-10H,1-3H3,(H,17,18). The van der Waals surface area contributed by atoms with Crippen LogP contribution in [-0.4, -0.2) is 42.1 Å². The van der Waals surface area contributed by atoms with Crippen LogP contribution in [0, 0.1) is 0 Å². The van der Waals surface area contributed by atoms with E-state index in [4.69, 9.17) is 9.84 Å². The lowest BCUT2D eigenvalue weighted by Crippen LogP contribution is -2.39. The second-order valence-corrected chi connectivity index (χ2v) is 4.07. The van der Waals surface area contributed by atoms with Gasteiger partial charge in [0.05, 0.1) is 7.11 Å². The van der Waals surface area contributed by atoms with Crippen molar-refractivity contribution >= 4 is 18.0 Å². The van der Waals surface area contributed by atoms with Crippen molar-refractivity contribution in [2.75, 3.05) is 14.2 Å². The molecule has 0 aliphatic rings. The van der Waals surface area contributed by atoms with Crippen molar-refractivity contribution in [1.82, 2.24) is 4.90 Å². The van der Waals surface area contributed by atoms with Crippen LogP contribution in [0.3, 0.4) is 0 Å². The first kappa shape index (κ1) is 14.8. The summed E-state index contributed by atoms with van der Waals surface area (Å²) in [7, 11) is 3.04. The van der Waals surface area contributed by atoms with Gasteiger partial charge in [-0.25, -0.2) is 4.79 Å². The zero-order valence-corrected chi connectivity index (χ0v) is 11.2. The minimum atomic E-state index is -1.03. The van der Waals surface area contributed by atoms with Crippen LogP contribution in [0.1, 0.15) is 12.5 Å². The molecule has 1 aromatic rings. The monoisotopic (exact) mass is 263 g/mol. The van der Waals surface area contributed by atoms with Crippen LogP contribution in [0.5, 0.6) is 5.75 Å². The van der Waals surface area contributed by atoms with E-state index in [-0.39, 0.29) is 5.91 Å². The summed E-state index contributed by atoms with van der Waals surface area (Å²) in [6.07, 6.45) is 2.98. The van der Waals surface area contributed by atoms with Gasteiger partial charge in [0.2, 0.25) is 5.91 Å². The quantitative estimate of drug-likeness (QED) is 0.820. The molecule has 102 valence electrons. The Labute approximate surface area is 112 Å². The van der Waals surface area contributed by atoms with Gasteiger partial charge in [0.15, 0.2) is 0 Å². The molecule has 1 aromatic carbocycles. The third-order valence-electron chi connectivity index (χ3n) is 2.82. The lowest BCUT2D eigenvalue weighted by Gasteiger charge is -2.19. The highest BCUT2D eigenvalue weighted by Crippen LogP contribution is 2.12. The normalized spacial score (nSPS) is 12.2. The fourth-order valence-corrected chi connectivity index (χ4v) is 1.36. The molecule has 19 heavy (non-hydrogen) atoms. The van der Waals surface area contributed by atoms with Gasteiger partial charge in [0, 0.05) is 13.1 Å². The van der Waals surface area contributed by atoms with Crippen LogP contribution in [0.25, 0.3) is 6.08 Å². The number of carbonyl (C=O) groups is 2. The summed E-state index contributed by atoms with van der Waals surface area (Å²) >= 11 is 0. The molecule has 0 radical (unpaired) electrons. The Balaban J connectivity index is 2.69. The van der Waals surface area contributed by atoms with Gasteiger partial charge in [-0.15, -0.1) is 0 Å². The number of hydrogen-bond acceptors (Lipinski definition) is 3. The van der Waals surface area contributed by atoms with E-state index >= 15 is 0 Å². The number of aliphatic carboxylic acids is 1. The first-order chi connectivity index (χ1) is 8.95. The molecule has 0 aliphatic heterocycles. The van der Waals surface area contributed by atoms with Crippen LogP contribution in [0.2, 0.25) is 0 Å². The second-order valence-electron chi connectivity index (χ2n) is 4.07. The Morgan fingerprint density at radius 3 is 2.37 bits per heavy atom. The van der Waals surface area contributed by atoms with Gasteiger partial charge in [-0.3, -0.25) is 4.79 Å². The summed E-state index contributed by atoms with van der Waals surface area (Å²) in [4.78, 5) is 23.7. The average Bonchev–Trinajstić information content (AvgIpc) is 2.43. The fourth-order valence-electron chi connectivity index (χ4n) is 1.36. The van der Waals surface area contributed by atoms with Crippen molar-refractivity contribution in [3.63, 3.8) is 0 Å². The van der Waals surface area contributed by atoms with Crippen molar-refractivity contribution < 1.29 is 19.4 Å². The van der Waals surface area contributed by atoms with E-state index in [1.807, 2.05) is 12.1 Å². The zero-order chi connectivity index (χ0) is 14.4. The number of rotatable bonds is 5. The minimum Gasteiger partial charge on any atom is -0.497 e. The molecule has 0 saturated heterocycles. The maximum absolute atomic E-state index is 11.7. The molecule has 0 heterocycles. The number of carboxylic acid groups (broad SMARTS) is 1. The SMILES string of the molecule is COc1ccc(C=CC(=O)N(C)C(C)C(=O)O)cc1. The minimum absolute atomic E-state index is 0.356. The van der Waals surface area contributed by atoms with E-state index in [2.05, 4.69) is 0 Å². The molecule has 1 amide bonds. The number of ether oxygens (including phenoxy) is 1. The van der Waals surface area contributed by atoms with Crippen molar-refractivity contribution in [1.29, 1.82) is 0 Å². The topological polar surface area (TPSA) is 66.8 Å². The molecule has 0 spiro atoms. The third-order valence-corrected chi connectivity index (χ3v) is 2.82. The Morgan fingerprint density at radius 1 is 1.32 bits per heavy atom. The van der Waals surface area contributed by atoms with Crippen molar-refractivity contribution in [3.05, 3.63) is 35.9 Å². The van der Waals surface area contributed by atoms with Crippen LogP contribution in [0.4, 0.5) is 0 Å². The Kier molecular flexibility index (Phi) is 5.11. The number of amides is 1. The lowest BCUT2D eigenvalue weighted by molar-refractivity contribution is -0.146. The first-order valence-corrected chi connectivity index (χ1v) is 5.77. The summed E-state index contributed by atoms with van der Waals surface area (Å²) in [5, 5.41) is 8.81. The highest BCUT2D eigenvalue weighted by atomic mass is 16.5. The van der Waals surface area contributed by atoms with E-state index in [0.29, 0.717) is 0 Å². The Bertz CT molecular complexity index is 479. The number of carboxylic acids is 1. The van der Waals surface area contributed by atoms with Gasteiger partial charge in [-0.05, 0) is 30.7 Å². The number of nitrogens with zero attached hydrogens (tertiary/aromatic N) is 1. The number of benzene rings is 1. The van der Waals surface area contributed by atoms with Gasteiger partial charge in [-0.1, -0.05) is 12.1 Å². The molecule has 0 saturated carbocycles. The molecule has 5 nitrogen and oxygen atoms in total. The van der Waals surface area contributed by atoms with Gasteiger partial charge >= 0.3 is 5.97 Å². The van der Waals surface area contributed by atoms with Crippen molar-refractivity contribution in [3.8, 4) is 5.75 Å². The summed E-state index contributed by atoms with van der Waals surface area (Å²) in [5.41, 5.74) is 0.838. The van der Waals surface area contributed by atoms with Crippen LogP contribution in [0.15, 0.2) is 30.3 Å². The smallest absolute Gasteiger partial charge is 0.326 e. The van der Waals surface area contributed by atoms with Gasteiger partial charge < -0.3 is 14.7 Å². The largest absolute Gasteiger partial charge is 0.497 e. The number of methoxy groups -OCH3 is 1. The summed E-state index contributed by atoms with van der Waals surface area (Å²) in [6, 6.07) is 6.33. The number of hydrogen-bond donors (Lipinski definition) is 1. The third kappa shape index (κ3) is 4.13. The summed E-state index contributed by atoms with van der Waals surface area (Å²) < 4.78 is 5.03. The molecule has 1 rings (SSSR count). The zero-order valence-electron chi connectivity index (χ0n) is 11.2. The van der Waals surface area contributed by atoms with Gasteiger partial charge in [0.1, 0.15) is 11.8 Å². The van der Waals surface area contributed by atoms with E-state index in [1.54, 1.807) is 25.3 Å². The molecule has 0 bridgehead atoms. The predicted molar refractivity (Wildman–Crippen MR) is 71.9 cm³/mol. The second kappa shape index (κ2) is 6.58. The van der Waals surface area contributed by atoms with E-state index in [0.717, 1.165) is 11.3 Å². The van der Waals surface area contributed by atoms with Crippen LogP contribution >= 0.6 is 0 Å². The maximum atomic E-state index is 11.7. The molecule has 0 aliphatic carbocycles. The fraction of sp³-hybridized carbons (Fsp3) is 0.286. The molecule has 1 N–H and O–H groups in total. The summed E-state index contributed by atoms with van der Waals surface area (Å²) in [5.74, 6) is -0.653. The highest BCUT2D eigenvalue weighted by Gasteiger charge is 2.19. The Hall–Kier alpha value is -2.30. The van der Waals surface area contributed by atoms with Crippen LogP contribution in [-0.2, 0) is 9.59 Å². The maximum Gasteiger partial charge on any atom is 0.326 e.